The second-order valence-corrected chi connectivity index (χ2v) is 4.19. The second kappa shape index (κ2) is 6.65. The van der Waals surface area contributed by atoms with Gasteiger partial charge in [0.2, 0.25) is 0 Å². The van der Waals surface area contributed by atoms with E-state index in [9.17, 15) is 18.0 Å². The van der Waals surface area contributed by atoms with Crippen LogP contribution in [-0.4, -0.2) is 24.8 Å². The van der Waals surface area contributed by atoms with Crippen LogP contribution in [0.4, 0.5) is 18.9 Å². The molecule has 0 bridgehead atoms. The van der Waals surface area contributed by atoms with Crippen LogP contribution in [0, 0.1) is 0 Å². The molecule has 0 aromatic heterocycles. The highest BCUT2D eigenvalue weighted by molar-refractivity contribution is 6.30. The first-order valence-electron chi connectivity index (χ1n) is 5.57. The fourth-order valence-corrected chi connectivity index (χ4v) is 1.51. The van der Waals surface area contributed by atoms with Gasteiger partial charge in [0.15, 0.2) is 0 Å². The van der Waals surface area contributed by atoms with E-state index in [1.54, 1.807) is 0 Å². The minimum absolute atomic E-state index is 0.0460. The number of anilines is 1. The SMILES string of the molecule is CCOC(=O)C[C@@H](Nc1ccc(Cl)cc1)C(F)(F)F. The van der Waals surface area contributed by atoms with Gasteiger partial charge in [-0.05, 0) is 31.2 Å². The summed E-state index contributed by atoms with van der Waals surface area (Å²) in [6.45, 7) is 1.58. The van der Waals surface area contributed by atoms with E-state index in [1.807, 2.05) is 0 Å². The Bertz CT molecular complexity index is 420. The molecule has 1 atom stereocenters. The van der Waals surface area contributed by atoms with E-state index >= 15 is 0 Å². The van der Waals surface area contributed by atoms with Crippen molar-refractivity contribution in [2.45, 2.75) is 25.6 Å². The number of hydrogen-bond acceptors (Lipinski definition) is 3. The van der Waals surface area contributed by atoms with Crippen LogP contribution < -0.4 is 5.32 Å². The number of esters is 1. The average Bonchev–Trinajstić information content (AvgIpc) is 2.30. The highest BCUT2D eigenvalue weighted by atomic mass is 35.5. The number of nitrogens with one attached hydrogen (secondary N) is 1. The predicted molar refractivity (Wildman–Crippen MR) is 66.2 cm³/mol. The highest BCUT2D eigenvalue weighted by Gasteiger charge is 2.41. The van der Waals surface area contributed by atoms with Crippen LogP contribution in [0.1, 0.15) is 13.3 Å². The van der Waals surface area contributed by atoms with Crippen LogP contribution in [0.15, 0.2) is 24.3 Å². The molecule has 0 amide bonds. The van der Waals surface area contributed by atoms with E-state index in [0.29, 0.717) is 5.02 Å². The zero-order valence-corrected chi connectivity index (χ0v) is 10.9. The standard InChI is InChI=1S/C12H13ClF3NO2/c1-2-19-11(18)7-10(12(14,15)16)17-9-5-3-8(13)4-6-9/h3-6,10,17H,2,7H2,1H3/t10-/m1/s1. The number of carbonyl (C=O) groups excluding carboxylic acids is 1. The first-order chi connectivity index (χ1) is 8.82. The summed E-state index contributed by atoms with van der Waals surface area (Å²) in [6.07, 6.45) is -5.33. The van der Waals surface area contributed by atoms with Gasteiger partial charge in [-0.25, -0.2) is 0 Å². The monoisotopic (exact) mass is 295 g/mol. The molecule has 1 N–H and O–H groups in total. The van der Waals surface area contributed by atoms with Crippen molar-refractivity contribution in [3.8, 4) is 0 Å². The fraction of sp³-hybridized carbons (Fsp3) is 0.417. The lowest BCUT2D eigenvalue weighted by Crippen LogP contribution is -2.38. The summed E-state index contributed by atoms with van der Waals surface area (Å²) in [6, 6.07) is 3.75. The summed E-state index contributed by atoms with van der Waals surface area (Å²) in [7, 11) is 0. The van der Waals surface area contributed by atoms with Gasteiger partial charge in [-0.15, -0.1) is 0 Å². The van der Waals surface area contributed by atoms with Crippen LogP contribution in [0.25, 0.3) is 0 Å². The topological polar surface area (TPSA) is 38.3 Å². The summed E-state index contributed by atoms with van der Waals surface area (Å²) in [5.41, 5.74) is 0.232. The average molecular weight is 296 g/mol. The Morgan fingerprint density at radius 2 is 1.95 bits per heavy atom. The van der Waals surface area contributed by atoms with Crippen LogP contribution in [0.2, 0.25) is 5.02 Å². The Morgan fingerprint density at radius 1 is 1.37 bits per heavy atom. The molecular weight excluding hydrogens is 283 g/mol. The third-order valence-electron chi connectivity index (χ3n) is 2.26. The lowest BCUT2D eigenvalue weighted by molar-refractivity contribution is -0.161. The molecular formula is C12H13ClF3NO2. The molecule has 0 aliphatic carbocycles. The van der Waals surface area contributed by atoms with Crippen molar-refractivity contribution in [1.29, 1.82) is 0 Å². The number of hydrogen-bond donors (Lipinski definition) is 1. The van der Waals surface area contributed by atoms with E-state index in [-0.39, 0.29) is 12.3 Å². The Balaban J connectivity index is 2.75. The highest BCUT2D eigenvalue weighted by Crippen LogP contribution is 2.26. The summed E-state index contributed by atoms with van der Waals surface area (Å²) in [5.74, 6) is -0.897. The van der Waals surface area contributed by atoms with Crippen molar-refractivity contribution >= 4 is 23.3 Å². The van der Waals surface area contributed by atoms with Gasteiger partial charge < -0.3 is 10.1 Å². The second-order valence-electron chi connectivity index (χ2n) is 3.75. The van der Waals surface area contributed by atoms with E-state index < -0.39 is 24.6 Å². The molecule has 1 rings (SSSR count). The minimum atomic E-state index is -4.55. The molecule has 0 aliphatic heterocycles. The lowest BCUT2D eigenvalue weighted by atomic mass is 10.2. The van der Waals surface area contributed by atoms with E-state index in [2.05, 4.69) is 10.1 Å². The van der Waals surface area contributed by atoms with Gasteiger partial charge in [-0.2, -0.15) is 13.2 Å². The molecule has 0 saturated carbocycles. The zero-order valence-electron chi connectivity index (χ0n) is 10.1. The van der Waals surface area contributed by atoms with E-state index in [1.165, 1.54) is 31.2 Å². The number of halogens is 4. The van der Waals surface area contributed by atoms with Crippen LogP contribution in [0.5, 0.6) is 0 Å². The number of ether oxygens (including phenoxy) is 1. The molecule has 1 aromatic rings. The Morgan fingerprint density at radius 3 is 2.42 bits per heavy atom. The Hall–Kier alpha value is -1.43. The molecule has 0 saturated heterocycles. The maximum Gasteiger partial charge on any atom is 0.409 e. The fourth-order valence-electron chi connectivity index (χ4n) is 1.38. The minimum Gasteiger partial charge on any atom is -0.466 e. The van der Waals surface area contributed by atoms with E-state index in [0.717, 1.165) is 0 Å². The molecule has 3 nitrogen and oxygen atoms in total. The van der Waals surface area contributed by atoms with Gasteiger partial charge >= 0.3 is 12.1 Å². The van der Waals surface area contributed by atoms with E-state index in [4.69, 9.17) is 11.6 Å². The Kier molecular flexibility index (Phi) is 5.47. The largest absolute Gasteiger partial charge is 0.466 e. The third kappa shape index (κ3) is 5.38. The normalized spacial score (nSPS) is 12.9. The summed E-state index contributed by atoms with van der Waals surface area (Å²) < 4.78 is 42.9. The van der Waals surface area contributed by atoms with Crippen molar-refractivity contribution in [3.05, 3.63) is 29.3 Å². The summed E-state index contributed by atoms with van der Waals surface area (Å²) >= 11 is 5.64. The zero-order chi connectivity index (χ0) is 14.5. The number of alkyl halides is 3. The van der Waals surface area contributed by atoms with Crippen molar-refractivity contribution in [2.75, 3.05) is 11.9 Å². The summed E-state index contributed by atoms with van der Waals surface area (Å²) in [5, 5.41) is 2.67. The maximum absolute atomic E-state index is 12.8. The van der Waals surface area contributed by atoms with Crippen LogP contribution in [0.3, 0.4) is 0 Å². The van der Waals surface area contributed by atoms with Crippen LogP contribution >= 0.6 is 11.6 Å². The van der Waals surface area contributed by atoms with Gasteiger partial charge in [-0.1, -0.05) is 11.6 Å². The number of benzene rings is 1. The summed E-state index contributed by atoms with van der Waals surface area (Å²) in [4.78, 5) is 11.2. The van der Waals surface area contributed by atoms with Gasteiger partial charge in [0.05, 0.1) is 13.0 Å². The smallest absolute Gasteiger partial charge is 0.409 e. The number of carbonyl (C=O) groups is 1. The molecule has 19 heavy (non-hydrogen) atoms. The maximum atomic E-state index is 12.8. The molecule has 0 spiro atoms. The van der Waals surface area contributed by atoms with Crippen molar-refractivity contribution < 1.29 is 22.7 Å². The quantitative estimate of drug-likeness (QED) is 0.843. The molecule has 0 aliphatic rings. The van der Waals surface area contributed by atoms with Crippen molar-refractivity contribution in [3.63, 3.8) is 0 Å². The molecule has 0 heterocycles. The molecule has 7 heteroatoms. The lowest BCUT2D eigenvalue weighted by Gasteiger charge is -2.21. The van der Waals surface area contributed by atoms with Crippen LogP contribution in [-0.2, 0) is 9.53 Å². The molecule has 0 unspecified atom stereocenters. The van der Waals surface area contributed by atoms with Gasteiger partial charge in [0.1, 0.15) is 6.04 Å². The van der Waals surface area contributed by atoms with Gasteiger partial charge in [0.25, 0.3) is 0 Å². The number of rotatable bonds is 5. The van der Waals surface area contributed by atoms with Gasteiger partial charge in [-0.3, -0.25) is 4.79 Å². The molecule has 0 radical (unpaired) electrons. The predicted octanol–water partition coefficient (Wildman–Crippen LogP) is 3.64. The van der Waals surface area contributed by atoms with Crippen molar-refractivity contribution in [2.24, 2.45) is 0 Å². The van der Waals surface area contributed by atoms with Gasteiger partial charge in [0, 0.05) is 10.7 Å². The van der Waals surface area contributed by atoms with Crippen molar-refractivity contribution in [1.82, 2.24) is 0 Å². The molecule has 1 aromatic carbocycles. The molecule has 106 valence electrons. The first-order valence-corrected chi connectivity index (χ1v) is 5.95. The third-order valence-corrected chi connectivity index (χ3v) is 2.51. The Labute approximate surface area is 113 Å². The first kappa shape index (κ1) is 15.6. The molecule has 0 fully saturated rings.